The molecule has 2 aromatic heterocycles. The van der Waals surface area contributed by atoms with Gasteiger partial charge in [-0.3, -0.25) is 4.79 Å². The van der Waals surface area contributed by atoms with Crippen molar-refractivity contribution in [2.24, 2.45) is 0 Å². The smallest absolute Gasteiger partial charge is 0.270 e. The molecule has 170 valence electrons. The second kappa shape index (κ2) is 11.3. The minimum Gasteiger partial charge on any atom is -0.484 e. The molecule has 3 heterocycles. The Morgan fingerprint density at radius 1 is 1.12 bits per heavy atom. The highest BCUT2D eigenvalue weighted by Crippen LogP contribution is 2.34. The van der Waals surface area contributed by atoms with Gasteiger partial charge >= 0.3 is 0 Å². The SMILES string of the molecule is CC.CCC(CC)NC(=O)c1cc(Cc2ccc(-n3cccn3)cc2)c2c(n1)OCCO2. The molecule has 7 nitrogen and oxygen atoms in total. The highest BCUT2D eigenvalue weighted by Gasteiger charge is 2.23. The van der Waals surface area contributed by atoms with Crippen LogP contribution in [0.25, 0.3) is 5.69 Å². The lowest BCUT2D eigenvalue weighted by Gasteiger charge is -2.22. The molecule has 3 aromatic rings. The van der Waals surface area contributed by atoms with E-state index in [-0.39, 0.29) is 11.9 Å². The van der Waals surface area contributed by atoms with Crippen molar-refractivity contribution in [3.8, 4) is 17.3 Å². The summed E-state index contributed by atoms with van der Waals surface area (Å²) in [5.41, 5.74) is 3.33. The summed E-state index contributed by atoms with van der Waals surface area (Å²) in [7, 11) is 0. The van der Waals surface area contributed by atoms with Gasteiger partial charge < -0.3 is 14.8 Å². The van der Waals surface area contributed by atoms with Crippen LogP contribution in [0.2, 0.25) is 0 Å². The Kier molecular flexibility index (Phi) is 8.25. The van der Waals surface area contributed by atoms with Gasteiger partial charge in [-0.2, -0.15) is 5.10 Å². The second-order valence-electron chi connectivity index (χ2n) is 7.28. The Hall–Kier alpha value is -3.35. The zero-order chi connectivity index (χ0) is 22.9. The molecular weight excluding hydrogens is 404 g/mol. The van der Waals surface area contributed by atoms with E-state index in [0.717, 1.165) is 29.7 Å². The number of nitrogens with one attached hydrogen (secondary N) is 1. The van der Waals surface area contributed by atoms with Crippen molar-refractivity contribution < 1.29 is 14.3 Å². The molecule has 0 spiro atoms. The van der Waals surface area contributed by atoms with Crippen molar-refractivity contribution in [3.63, 3.8) is 0 Å². The zero-order valence-electron chi connectivity index (χ0n) is 19.3. The van der Waals surface area contributed by atoms with Gasteiger partial charge in [0.15, 0.2) is 5.75 Å². The van der Waals surface area contributed by atoms with Gasteiger partial charge in [-0.15, -0.1) is 0 Å². The Morgan fingerprint density at radius 3 is 2.50 bits per heavy atom. The van der Waals surface area contributed by atoms with E-state index in [1.807, 2.05) is 49.0 Å². The van der Waals surface area contributed by atoms with Crippen molar-refractivity contribution in [2.45, 2.75) is 53.0 Å². The maximum absolute atomic E-state index is 12.8. The first kappa shape index (κ1) is 23.3. The van der Waals surface area contributed by atoms with Crippen molar-refractivity contribution in [2.75, 3.05) is 13.2 Å². The summed E-state index contributed by atoms with van der Waals surface area (Å²) in [5.74, 6) is 0.828. The summed E-state index contributed by atoms with van der Waals surface area (Å²) in [6, 6.07) is 12.0. The fraction of sp³-hybridized carbons (Fsp3) is 0.400. The number of amides is 1. The Labute approximate surface area is 189 Å². The largest absolute Gasteiger partial charge is 0.484 e. The molecular formula is C25H32N4O3. The van der Waals surface area contributed by atoms with Crippen LogP contribution in [0.1, 0.15) is 62.2 Å². The van der Waals surface area contributed by atoms with Crippen LogP contribution in [-0.2, 0) is 6.42 Å². The first-order valence-corrected chi connectivity index (χ1v) is 11.4. The fourth-order valence-electron chi connectivity index (χ4n) is 3.50. The summed E-state index contributed by atoms with van der Waals surface area (Å²) in [6.07, 6.45) is 6.02. The molecule has 0 atom stereocenters. The Balaban J connectivity index is 0.00000141. The number of benzene rings is 1. The average Bonchev–Trinajstić information content (AvgIpc) is 3.39. The number of hydrogen-bond donors (Lipinski definition) is 1. The van der Waals surface area contributed by atoms with Crippen LogP contribution in [0.15, 0.2) is 48.8 Å². The number of carbonyl (C=O) groups is 1. The zero-order valence-corrected chi connectivity index (χ0v) is 19.3. The summed E-state index contributed by atoms with van der Waals surface area (Å²) in [6.45, 7) is 9.02. The van der Waals surface area contributed by atoms with E-state index in [4.69, 9.17) is 9.47 Å². The molecule has 0 fully saturated rings. The lowest BCUT2D eigenvalue weighted by molar-refractivity contribution is 0.0926. The summed E-state index contributed by atoms with van der Waals surface area (Å²) >= 11 is 0. The molecule has 0 saturated carbocycles. The van der Waals surface area contributed by atoms with Crippen molar-refractivity contribution in [1.82, 2.24) is 20.1 Å². The number of hydrogen-bond acceptors (Lipinski definition) is 5. The number of pyridine rings is 1. The number of aromatic nitrogens is 3. The molecule has 1 aromatic carbocycles. The van der Waals surface area contributed by atoms with Gasteiger partial charge in [0, 0.05) is 30.4 Å². The minimum atomic E-state index is -0.184. The molecule has 7 heteroatoms. The van der Waals surface area contributed by atoms with Crippen molar-refractivity contribution >= 4 is 5.91 Å². The van der Waals surface area contributed by atoms with E-state index in [0.29, 0.717) is 37.0 Å². The van der Waals surface area contributed by atoms with E-state index < -0.39 is 0 Å². The molecule has 0 aliphatic carbocycles. The molecule has 4 rings (SSSR count). The van der Waals surface area contributed by atoms with Gasteiger partial charge in [0.1, 0.15) is 18.9 Å². The predicted octanol–water partition coefficient (Wildman–Crippen LogP) is 4.57. The van der Waals surface area contributed by atoms with Crippen LogP contribution in [0, 0.1) is 0 Å². The predicted molar refractivity (Wildman–Crippen MR) is 125 cm³/mol. The summed E-state index contributed by atoms with van der Waals surface area (Å²) in [4.78, 5) is 17.2. The van der Waals surface area contributed by atoms with E-state index in [1.54, 1.807) is 6.20 Å². The molecule has 1 aliphatic rings. The lowest BCUT2D eigenvalue weighted by atomic mass is 10.0. The van der Waals surface area contributed by atoms with E-state index >= 15 is 0 Å². The van der Waals surface area contributed by atoms with Crippen LogP contribution < -0.4 is 14.8 Å². The number of rotatable bonds is 7. The van der Waals surface area contributed by atoms with Crippen LogP contribution >= 0.6 is 0 Å². The third-order valence-corrected chi connectivity index (χ3v) is 5.24. The van der Waals surface area contributed by atoms with Gasteiger partial charge in [-0.25, -0.2) is 9.67 Å². The third-order valence-electron chi connectivity index (χ3n) is 5.24. The van der Waals surface area contributed by atoms with Crippen LogP contribution in [-0.4, -0.2) is 39.9 Å². The van der Waals surface area contributed by atoms with Crippen LogP contribution in [0.3, 0.4) is 0 Å². The molecule has 0 bridgehead atoms. The Morgan fingerprint density at radius 2 is 1.84 bits per heavy atom. The summed E-state index contributed by atoms with van der Waals surface area (Å²) < 4.78 is 13.3. The maximum atomic E-state index is 12.8. The molecule has 1 aliphatic heterocycles. The third kappa shape index (κ3) is 5.46. The van der Waals surface area contributed by atoms with Gasteiger partial charge in [-0.1, -0.05) is 39.8 Å². The second-order valence-corrected chi connectivity index (χ2v) is 7.28. The number of nitrogens with zero attached hydrogens (tertiary/aromatic N) is 3. The Bertz CT molecular complexity index is 997. The van der Waals surface area contributed by atoms with E-state index in [2.05, 4.69) is 41.4 Å². The molecule has 32 heavy (non-hydrogen) atoms. The van der Waals surface area contributed by atoms with Crippen molar-refractivity contribution in [3.05, 3.63) is 65.6 Å². The van der Waals surface area contributed by atoms with Crippen LogP contribution in [0.4, 0.5) is 0 Å². The lowest BCUT2D eigenvalue weighted by Crippen LogP contribution is -2.34. The standard InChI is InChI=1S/C23H26N4O3.C2H6/c1-3-18(4-2)25-22(28)20-15-17(21-23(26-20)30-13-12-29-21)14-16-6-8-19(9-7-16)27-11-5-10-24-27;1-2/h5-11,15,18H,3-4,12-14H2,1-2H3,(H,25,28);1-2H3. The van der Waals surface area contributed by atoms with Gasteiger partial charge in [0.25, 0.3) is 11.8 Å². The van der Waals surface area contributed by atoms with E-state index in [1.165, 1.54) is 0 Å². The van der Waals surface area contributed by atoms with Gasteiger partial charge in [0.05, 0.1) is 5.69 Å². The van der Waals surface area contributed by atoms with Gasteiger partial charge in [0.2, 0.25) is 0 Å². The highest BCUT2D eigenvalue weighted by molar-refractivity contribution is 5.93. The first-order chi connectivity index (χ1) is 15.7. The first-order valence-electron chi connectivity index (χ1n) is 11.4. The normalized spacial score (nSPS) is 12.2. The number of ether oxygens (including phenoxy) is 2. The van der Waals surface area contributed by atoms with Crippen LogP contribution in [0.5, 0.6) is 11.6 Å². The minimum absolute atomic E-state index is 0.130. The van der Waals surface area contributed by atoms with E-state index in [9.17, 15) is 4.79 Å². The molecule has 1 amide bonds. The molecule has 1 N–H and O–H groups in total. The van der Waals surface area contributed by atoms with Gasteiger partial charge in [-0.05, 0) is 42.7 Å². The van der Waals surface area contributed by atoms with Crippen molar-refractivity contribution in [1.29, 1.82) is 0 Å². The number of carbonyl (C=O) groups excluding carboxylic acids is 1. The average molecular weight is 437 g/mol. The maximum Gasteiger partial charge on any atom is 0.270 e. The molecule has 0 unspecified atom stereocenters. The highest BCUT2D eigenvalue weighted by atomic mass is 16.6. The topological polar surface area (TPSA) is 78.3 Å². The number of fused-ring (bicyclic) bond motifs is 1. The molecule has 0 radical (unpaired) electrons. The quantitative estimate of drug-likeness (QED) is 0.587. The fourth-order valence-corrected chi connectivity index (χ4v) is 3.50. The summed E-state index contributed by atoms with van der Waals surface area (Å²) in [5, 5.41) is 7.30. The molecule has 0 saturated heterocycles. The monoisotopic (exact) mass is 436 g/mol.